The van der Waals surface area contributed by atoms with Crippen LogP contribution in [0.5, 0.6) is 0 Å². The van der Waals surface area contributed by atoms with E-state index in [2.05, 4.69) is 14.7 Å². The van der Waals surface area contributed by atoms with E-state index in [-0.39, 0.29) is 23.6 Å². The van der Waals surface area contributed by atoms with Gasteiger partial charge < -0.3 is 14.2 Å². The Kier molecular flexibility index (Phi) is 4.98. The molecular formula is C12H13F3N4O4. The third-order valence-corrected chi connectivity index (χ3v) is 2.90. The lowest BCUT2D eigenvalue weighted by Crippen LogP contribution is -2.29. The highest BCUT2D eigenvalue weighted by molar-refractivity contribution is 5.70. The molecule has 2 rings (SSSR count). The van der Waals surface area contributed by atoms with Crippen LogP contribution >= 0.6 is 0 Å². The van der Waals surface area contributed by atoms with Crippen molar-refractivity contribution in [3.63, 3.8) is 0 Å². The van der Waals surface area contributed by atoms with Crippen molar-refractivity contribution in [3.8, 4) is 0 Å². The highest BCUT2D eigenvalue weighted by Gasteiger charge is 2.39. The van der Waals surface area contributed by atoms with Gasteiger partial charge in [-0.25, -0.2) is 0 Å². The lowest BCUT2D eigenvalue weighted by atomic mass is 10.1. The van der Waals surface area contributed by atoms with Crippen LogP contribution in [0.2, 0.25) is 0 Å². The summed E-state index contributed by atoms with van der Waals surface area (Å²) in [5, 5.41) is 14.2. The fourth-order valence-electron chi connectivity index (χ4n) is 1.87. The molecule has 23 heavy (non-hydrogen) atoms. The summed E-state index contributed by atoms with van der Waals surface area (Å²) in [6.45, 7) is 2.96. The average Bonchev–Trinajstić information content (AvgIpc) is 2.97. The van der Waals surface area contributed by atoms with E-state index in [1.165, 1.54) is 6.20 Å². The second kappa shape index (κ2) is 6.77. The standard InChI is InChI=1S/C12H13F3N4O4/c1-2-22-4-3-18-6-8(5-9(7-18)19(20)21)10-16-11(23-17-10)12(13,14)15/h5-6H,2-4,7H2,1H3. The molecule has 0 radical (unpaired) electrons. The van der Waals surface area contributed by atoms with E-state index in [4.69, 9.17) is 4.74 Å². The molecule has 0 amide bonds. The minimum atomic E-state index is -4.77. The van der Waals surface area contributed by atoms with Crippen molar-refractivity contribution < 1.29 is 27.4 Å². The van der Waals surface area contributed by atoms with Gasteiger partial charge in [0.25, 0.3) is 5.70 Å². The first-order valence-electron chi connectivity index (χ1n) is 6.61. The molecule has 1 aromatic rings. The first-order chi connectivity index (χ1) is 10.8. The number of nitrogens with zero attached hydrogens (tertiary/aromatic N) is 4. The van der Waals surface area contributed by atoms with Gasteiger partial charge in [0.2, 0.25) is 5.82 Å². The Labute approximate surface area is 128 Å². The summed E-state index contributed by atoms with van der Waals surface area (Å²) < 4.78 is 46.8. The highest BCUT2D eigenvalue weighted by Crippen LogP contribution is 2.29. The third-order valence-electron chi connectivity index (χ3n) is 2.90. The SMILES string of the molecule is CCOCCN1C=C(c2noc(C(F)(F)F)n2)C=C([N+](=O)[O-])C1. The Bertz CT molecular complexity index is 638. The van der Waals surface area contributed by atoms with Gasteiger partial charge >= 0.3 is 12.1 Å². The largest absolute Gasteiger partial charge is 0.471 e. The summed E-state index contributed by atoms with van der Waals surface area (Å²) in [5.74, 6) is -1.87. The molecule has 1 aliphatic rings. The molecule has 2 heterocycles. The van der Waals surface area contributed by atoms with Crippen molar-refractivity contribution in [2.75, 3.05) is 26.3 Å². The second-order valence-electron chi connectivity index (χ2n) is 4.57. The van der Waals surface area contributed by atoms with Crippen LogP contribution in [-0.2, 0) is 10.9 Å². The molecule has 126 valence electrons. The molecule has 0 saturated carbocycles. The van der Waals surface area contributed by atoms with Gasteiger partial charge in [-0.15, -0.1) is 0 Å². The van der Waals surface area contributed by atoms with Crippen molar-refractivity contribution in [1.29, 1.82) is 0 Å². The topological polar surface area (TPSA) is 94.5 Å². The van der Waals surface area contributed by atoms with E-state index < -0.39 is 17.0 Å². The van der Waals surface area contributed by atoms with Crippen LogP contribution in [0, 0.1) is 10.1 Å². The molecule has 0 unspecified atom stereocenters. The maximum Gasteiger partial charge on any atom is 0.471 e. The number of nitro groups is 1. The third kappa shape index (κ3) is 4.28. The number of allylic oxidation sites excluding steroid dienone is 2. The van der Waals surface area contributed by atoms with Crippen LogP contribution in [0.3, 0.4) is 0 Å². The first-order valence-corrected chi connectivity index (χ1v) is 6.61. The van der Waals surface area contributed by atoms with Crippen LogP contribution in [-0.4, -0.2) is 46.3 Å². The fourth-order valence-corrected chi connectivity index (χ4v) is 1.87. The predicted molar refractivity (Wildman–Crippen MR) is 70.4 cm³/mol. The van der Waals surface area contributed by atoms with Crippen LogP contribution < -0.4 is 0 Å². The van der Waals surface area contributed by atoms with Gasteiger partial charge in [0.05, 0.1) is 11.5 Å². The lowest BCUT2D eigenvalue weighted by molar-refractivity contribution is -0.427. The van der Waals surface area contributed by atoms with E-state index >= 15 is 0 Å². The fraction of sp³-hybridized carbons (Fsp3) is 0.500. The molecule has 0 bridgehead atoms. The van der Waals surface area contributed by atoms with E-state index in [0.29, 0.717) is 19.8 Å². The van der Waals surface area contributed by atoms with Crippen LogP contribution in [0.25, 0.3) is 5.57 Å². The highest BCUT2D eigenvalue weighted by atomic mass is 19.4. The summed E-state index contributed by atoms with van der Waals surface area (Å²) in [5.41, 5.74) is -0.115. The number of hydrogen-bond acceptors (Lipinski definition) is 7. The Morgan fingerprint density at radius 2 is 2.26 bits per heavy atom. The first kappa shape index (κ1) is 16.9. The molecule has 0 N–H and O–H groups in total. The van der Waals surface area contributed by atoms with Gasteiger partial charge in [-0.2, -0.15) is 18.2 Å². The molecule has 1 aromatic heterocycles. The summed E-state index contributed by atoms with van der Waals surface area (Å²) in [6.07, 6.45) is -2.20. The van der Waals surface area contributed by atoms with Crippen molar-refractivity contribution in [2.24, 2.45) is 0 Å². The Morgan fingerprint density at radius 1 is 1.52 bits per heavy atom. The minimum absolute atomic E-state index is 0.00749. The maximum absolute atomic E-state index is 12.5. The average molecular weight is 334 g/mol. The molecule has 0 spiro atoms. The van der Waals surface area contributed by atoms with Crippen molar-refractivity contribution in [3.05, 3.63) is 39.8 Å². The summed E-state index contributed by atoms with van der Waals surface area (Å²) in [6, 6.07) is 0. The van der Waals surface area contributed by atoms with Crippen molar-refractivity contribution >= 4 is 5.57 Å². The molecule has 0 atom stereocenters. The maximum atomic E-state index is 12.5. The molecular weight excluding hydrogens is 321 g/mol. The number of ether oxygens (including phenoxy) is 1. The number of hydrogen-bond donors (Lipinski definition) is 0. The number of halogens is 3. The molecule has 11 heteroatoms. The minimum Gasteiger partial charge on any atom is -0.380 e. The van der Waals surface area contributed by atoms with Gasteiger partial charge in [0.1, 0.15) is 6.54 Å². The number of alkyl halides is 3. The summed E-state index contributed by atoms with van der Waals surface area (Å²) in [4.78, 5) is 15.2. The van der Waals surface area contributed by atoms with Crippen molar-refractivity contribution in [2.45, 2.75) is 13.1 Å². The summed E-state index contributed by atoms with van der Waals surface area (Å²) in [7, 11) is 0. The zero-order valence-electron chi connectivity index (χ0n) is 12.0. The molecule has 0 aliphatic carbocycles. The van der Waals surface area contributed by atoms with Crippen LogP contribution in [0.15, 0.2) is 22.5 Å². The Balaban J connectivity index is 2.25. The number of rotatable bonds is 6. The van der Waals surface area contributed by atoms with E-state index in [9.17, 15) is 23.3 Å². The van der Waals surface area contributed by atoms with Gasteiger partial charge in [-0.05, 0) is 6.92 Å². The second-order valence-corrected chi connectivity index (χ2v) is 4.57. The predicted octanol–water partition coefficient (Wildman–Crippen LogP) is 1.94. The molecule has 8 nitrogen and oxygen atoms in total. The monoisotopic (exact) mass is 334 g/mol. The zero-order valence-corrected chi connectivity index (χ0v) is 12.0. The van der Waals surface area contributed by atoms with E-state index in [1.54, 1.807) is 11.8 Å². The Hall–Kier alpha value is -2.43. The normalized spacial score (nSPS) is 15.4. The Morgan fingerprint density at radius 3 is 2.83 bits per heavy atom. The van der Waals surface area contributed by atoms with Gasteiger partial charge in [0, 0.05) is 31.0 Å². The molecule has 0 fully saturated rings. The van der Waals surface area contributed by atoms with E-state index in [1.807, 2.05) is 0 Å². The van der Waals surface area contributed by atoms with Gasteiger partial charge in [-0.3, -0.25) is 10.1 Å². The number of aromatic nitrogens is 2. The summed E-state index contributed by atoms with van der Waals surface area (Å²) >= 11 is 0. The van der Waals surface area contributed by atoms with E-state index in [0.717, 1.165) is 6.08 Å². The van der Waals surface area contributed by atoms with Crippen molar-refractivity contribution in [1.82, 2.24) is 15.0 Å². The van der Waals surface area contributed by atoms with Gasteiger partial charge in [0.15, 0.2) is 0 Å². The smallest absolute Gasteiger partial charge is 0.380 e. The van der Waals surface area contributed by atoms with Crippen LogP contribution in [0.4, 0.5) is 13.2 Å². The molecule has 0 saturated heterocycles. The molecule has 1 aliphatic heterocycles. The van der Waals surface area contributed by atoms with Crippen LogP contribution in [0.1, 0.15) is 18.6 Å². The van der Waals surface area contributed by atoms with Gasteiger partial charge in [-0.1, -0.05) is 5.16 Å². The lowest BCUT2D eigenvalue weighted by Gasteiger charge is -2.22. The molecule has 0 aromatic carbocycles. The zero-order chi connectivity index (χ0) is 17.0. The quantitative estimate of drug-likeness (QED) is 0.446.